The van der Waals surface area contributed by atoms with Gasteiger partial charge in [0.25, 0.3) is 5.91 Å². The summed E-state index contributed by atoms with van der Waals surface area (Å²) in [6.45, 7) is 3.93. The molecule has 4 heteroatoms. The van der Waals surface area contributed by atoms with Crippen molar-refractivity contribution in [1.82, 2.24) is 4.90 Å². The molecule has 0 aromatic heterocycles. The van der Waals surface area contributed by atoms with Gasteiger partial charge in [-0.05, 0) is 0 Å². The minimum absolute atomic E-state index is 0.303. The number of amides is 1. The summed E-state index contributed by atoms with van der Waals surface area (Å²) in [5, 5.41) is 0. The largest absolute Gasteiger partial charge is 0.340 e. The molecule has 0 saturated heterocycles. The van der Waals surface area contributed by atoms with E-state index in [2.05, 4.69) is 6.58 Å². The molecule has 58 valence electrons. The third-order valence-corrected chi connectivity index (χ3v) is 1.34. The van der Waals surface area contributed by atoms with E-state index in [1.54, 1.807) is 13.1 Å². The van der Waals surface area contributed by atoms with Crippen LogP contribution in [0.25, 0.3) is 0 Å². The molecule has 0 bridgehead atoms. The van der Waals surface area contributed by atoms with Crippen LogP contribution in [0.3, 0.4) is 0 Å². The highest BCUT2D eigenvalue weighted by Gasteiger charge is 2.14. The fourth-order valence-electron chi connectivity index (χ4n) is 0.450. The van der Waals surface area contributed by atoms with Gasteiger partial charge in [0.05, 0.1) is 0 Å². The van der Waals surface area contributed by atoms with E-state index in [1.165, 1.54) is 4.90 Å². The average Bonchev–Trinajstić information content (AvgIpc) is 1.87. The molecular weight excluding hydrogens is 173 g/mol. The highest BCUT2D eigenvalue weighted by atomic mass is 35.5. The van der Waals surface area contributed by atoms with Gasteiger partial charge >= 0.3 is 0 Å². The lowest BCUT2D eigenvalue weighted by molar-refractivity contribution is -0.127. The number of rotatable bonds is 3. The highest BCUT2D eigenvalue weighted by Crippen LogP contribution is 2.04. The smallest absolute Gasteiger partial charge is 0.255 e. The maximum atomic E-state index is 10.8. The molecule has 0 radical (unpaired) electrons. The zero-order valence-electron chi connectivity index (χ0n) is 5.68. The number of carbonyl (C=O) groups excluding carboxylic acids is 1. The monoisotopic (exact) mass is 181 g/mol. The number of nitrogens with zero attached hydrogens (tertiary/aromatic N) is 1. The average molecular weight is 182 g/mol. The van der Waals surface area contributed by atoms with Crippen molar-refractivity contribution in [1.29, 1.82) is 0 Å². The zero-order chi connectivity index (χ0) is 8.15. The topological polar surface area (TPSA) is 20.3 Å². The molecule has 10 heavy (non-hydrogen) atoms. The molecular formula is C6H9Cl2NO. The Balaban J connectivity index is 3.81. The first kappa shape index (κ1) is 9.79. The molecule has 0 rings (SSSR count). The van der Waals surface area contributed by atoms with Crippen LogP contribution in [0.4, 0.5) is 0 Å². The van der Waals surface area contributed by atoms with Crippen LogP contribution in [0.1, 0.15) is 0 Å². The van der Waals surface area contributed by atoms with E-state index in [9.17, 15) is 4.79 Å². The lowest BCUT2D eigenvalue weighted by atomic mass is 10.5. The van der Waals surface area contributed by atoms with Crippen LogP contribution in [-0.2, 0) is 4.79 Å². The van der Waals surface area contributed by atoms with Crippen LogP contribution in [0, 0.1) is 0 Å². The van der Waals surface area contributed by atoms with Crippen LogP contribution < -0.4 is 0 Å². The second-order valence-corrected chi connectivity index (χ2v) is 2.90. The molecule has 0 aliphatic rings. The van der Waals surface area contributed by atoms with Gasteiger partial charge in [-0.25, -0.2) is 0 Å². The Morgan fingerprint density at radius 2 is 2.30 bits per heavy atom. The number of halogens is 2. The fourth-order valence-corrected chi connectivity index (χ4v) is 0.783. The minimum atomic E-state index is -0.968. The molecule has 0 spiro atoms. The third-order valence-electron chi connectivity index (χ3n) is 0.966. The van der Waals surface area contributed by atoms with Crippen molar-refractivity contribution < 1.29 is 4.79 Å². The van der Waals surface area contributed by atoms with Gasteiger partial charge in [0.15, 0.2) is 4.84 Å². The van der Waals surface area contributed by atoms with Crippen LogP contribution in [0.5, 0.6) is 0 Å². The molecule has 2 nitrogen and oxygen atoms in total. The van der Waals surface area contributed by atoms with Crippen molar-refractivity contribution in [3.8, 4) is 0 Å². The molecule has 0 unspecified atom stereocenters. The van der Waals surface area contributed by atoms with Gasteiger partial charge in [-0.2, -0.15) is 0 Å². The second-order valence-electron chi connectivity index (χ2n) is 1.81. The first-order valence-electron chi connectivity index (χ1n) is 2.73. The van der Waals surface area contributed by atoms with Gasteiger partial charge in [-0.1, -0.05) is 29.3 Å². The molecule has 0 aromatic carbocycles. The van der Waals surface area contributed by atoms with Gasteiger partial charge in [-0.15, -0.1) is 6.58 Å². The van der Waals surface area contributed by atoms with Crippen molar-refractivity contribution in [2.24, 2.45) is 0 Å². The van der Waals surface area contributed by atoms with Crippen molar-refractivity contribution in [3.63, 3.8) is 0 Å². The van der Waals surface area contributed by atoms with Crippen molar-refractivity contribution in [3.05, 3.63) is 12.7 Å². The molecule has 0 aromatic rings. The fraction of sp³-hybridized carbons (Fsp3) is 0.500. The third kappa shape index (κ3) is 3.08. The van der Waals surface area contributed by atoms with Crippen molar-refractivity contribution in [2.75, 3.05) is 13.6 Å². The zero-order valence-corrected chi connectivity index (χ0v) is 7.19. The van der Waals surface area contributed by atoms with Crippen molar-refractivity contribution >= 4 is 29.1 Å². The summed E-state index contributed by atoms with van der Waals surface area (Å²) in [5.74, 6) is -0.303. The number of carbonyl (C=O) groups is 1. The Morgan fingerprint density at radius 3 is 2.60 bits per heavy atom. The van der Waals surface area contributed by atoms with Gasteiger partial charge in [0.1, 0.15) is 0 Å². The van der Waals surface area contributed by atoms with Crippen LogP contribution in [0.15, 0.2) is 12.7 Å². The van der Waals surface area contributed by atoms with Crippen LogP contribution in [-0.4, -0.2) is 29.2 Å². The van der Waals surface area contributed by atoms with Crippen LogP contribution >= 0.6 is 23.2 Å². The van der Waals surface area contributed by atoms with E-state index < -0.39 is 4.84 Å². The molecule has 0 saturated carbocycles. The van der Waals surface area contributed by atoms with E-state index in [4.69, 9.17) is 23.2 Å². The Bertz CT molecular complexity index is 136. The molecule has 0 aliphatic carbocycles. The summed E-state index contributed by atoms with van der Waals surface area (Å²) in [6.07, 6.45) is 1.61. The molecule has 0 atom stereocenters. The Kier molecular flexibility index (Phi) is 4.49. The number of hydrogen-bond acceptors (Lipinski definition) is 1. The van der Waals surface area contributed by atoms with E-state index >= 15 is 0 Å². The Hall–Kier alpha value is -0.210. The molecule has 0 aliphatic heterocycles. The maximum absolute atomic E-state index is 10.8. The maximum Gasteiger partial charge on any atom is 0.255 e. The lowest BCUT2D eigenvalue weighted by Crippen LogP contribution is -2.31. The van der Waals surface area contributed by atoms with Gasteiger partial charge in [0, 0.05) is 13.6 Å². The van der Waals surface area contributed by atoms with Gasteiger partial charge < -0.3 is 4.90 Å². The molecule has 1 amide bonds. The van der Waals surface area contributed by atoms with Crippen molar-refractivity contribution in [2.45, 2.75) is 4.84 Å². The Morgan fingerprint density at radius 1 is 1.80 bits per heavy atom. The van der Waals surface area contributed by atoms with Gasteiger partial charge in [-0.3, -0.25) is 4.79 Å². The summed E-state index contributed by atoms with van der Waals surface area (Å²) in [5.41, 5.74) is 0. The first-order chi connectivity index (χ1) is 4.59. The quantitative estimate of drug-likeness (QED) is 0.477. The second kappa shape index (κ2) is 4.58. The summed E-state index contributed by atoms with van der Waals surface area (Å²) < 4.78 is 0. The van der Waals surface area contributed by atoms with E-state index in [-0.39, 0.29) is 5.91 Å². The summed E-state index contributed by atoms with van der Waals surface area (Å²) in [6, 6.07) is 0. The molecule has 0 fully saturated rings. The Labute approximate surface area is 70.4 Å². The van der Waals surface area contributed by atoms with E-state index in [0.717, 1.165) is 0 Å². The van der Waals surface area contributed by atoms with Gasteiger partial charge in [0.2, 0.25) is 0 Å². The summed E-state index contributed by atoms with van der Waals surface area (Å²) >= 11 is 10.6. The van der Waals surface area contributed by atoms with E-state index in [1.807, 2.05) is 0 Å². The standard InChI is InChI=1S/C6H9Cl2NO/c1-3-4-9(2)6(10)5(7)8/h3,5H,1,4H2,2H3. The number of hydrogen-bond donors (Lipinski definition) is 0. The predicted octanol–water partition coefficient (Wildman–Crippen LogP) is 1.43. The molecule has 0 heterocycles. The first-order valence-corrected chi connectivity index (χ1v) is 3.61. The number of alkyl halides is 2. The summed E-state index contributed by atoms with van der Waals surface area (Å²) in [4.78, 5) is 11.3. The van der Waals surface area contributed by atoms with E-state index in [0.29, 0.717) is 6.54 Å². The van der Waals surface area contributed by atoms with Crippen LogP contribution in [0.2, 0.25) is 0 Å². The minimum Gasteiger partial charge on any atom is -0.340 e. The summed E-state index contributed by atoms with van der Waals surface area (Å²) in [7, 11) is 1.61. The SMILES string of the molecule is C=CCN(C)C(=O)C(Cl)Cl. The molecule has 0 N–H and O–H groups in total. The highest BCUT2D eigenvalue weighted by molar-refractivity contribution is 6.53. The normalized spacial score (nSPS) is 9.60. The number of likely N-dealkylation sites (N-methyl/N-ethyl adjacent to an activating group) is 1. The predicted molar refractivity (Wildman–Crippen MR) is 43.3 cm³/mol. The lowest BCUT2D eigenvalue weighted by Gasteiger charge is -2.14.